The highest BCUT2D eigenvalue weighted by Gasteiger charge is 2.13. The highest BCUT2D eigenvalue weighted by atomic mass is 32.1. The number of aryl methyl sites for hydroxylation is 1. The number of aromatic nitrogens is 2. The summed E-state index contributed by atoms with van der Waals surface area (Å²) in [5, 5.41) is 18.6. The first-order valence-corrected chi connectivity index (χ1v) is 11.4. The molecule has 1 aromatic carbocycles. The minimum Gasteiger partial charge on any atom is -0.462 e. The first kappa shape index (κ1) is 24.7. The SMILES string of the molecule is CCOC(=O)c1ccc(-n2c(C)cc(/C=c3\sc(=C(C#N)C#N)n(CCOC)c3=O)c2C)cc1. The van der Waals surface area contributed by atoms with Crippen LogP contribution in [-0.4, -0.2) is 35.4 Å². The molecule has 8 nitrogen and oxygen atoms in total. The van der Waals surface area contributed by atoms with E-state index in [9.17, 15) is 20.1 Å². The van der Waals surface area contributed by atoms with Crippen molar-refractivity contribution in [3.8, 4) is 17.8 Å². The van der Waals surface area contributed by atoms with E-state index < -0.39 is 0 Å². The lowest BCUT2D eigenvalue weighted by molar-refractivity contribution is 0.0526. The second-order valence-corrected chi connectivity index (χ2v) is 8.42. The molecule has 3 aromatic rings. The van der Waals surface area contributed by atoms with E-state index in [0.29, 0.717) is 21.4 Å². The summed E-state index contributed by atoms with van der Waals surface area (Å²) in [7, 11) is 1.53. The van der Waals surface area contributed by atoms with Gasteiger partial charge in [0.15, 0.2) is 5.57 Å². The Labute approximate surface area is 200 Å². The molecule has 9 heteroatoms. The van der Waals surface area contributed by atoms with E-state index in [1.807, 2.05) is 48.8 Å². The number of ether oxygens (including phenoxy) is 2. The third kappa shape index (κ3) is 4.86. The fraction of sp³-hybridized carbons (Fsp3) is 0.280. The van der Waals surface area contributed by atoms with Gasteiger partial charge in [-0.25, -0.2) is 4.79 Å². The van der Waals surface area contributed by atoms with Crippen molar-refractivity contribution in [3.05, 3.63) is 72.4 Å². The average Bonchev–Trinajstić information content (AvgIpc) is 3.28. The van der Waals surface area contributed by atoms with E-state index in [0.717, 1.165) is 34.0 Å². The summed E-state index contributed by atoms with van der Waals surface area (Å²) in [5.74, 6) is -0.367. The number of nitriles is 2. The van der Waals surface area contributed by atoms with Crippen molar-refractivity contribution in [2.75, 3.05) is 20.3 Å². The molecule has 2 heterocycles. The number of carbonyl (C=O) groups excluding carboxylic acids is 1. The molecule has 0 aliphatic heterocycles. The van der Waals surface area contributed by atoms with Crippen molar-refractivity contribution in [2.24, 2.45) is 0 Å². The Morgan fingerprint density at radius 3 is 2.44 bits per heavy atom. The number of nitrogens with zero attached hydrogens (tertiary/aromatic N) is 4. The van der Waals surface area contributed by atoms with Crippen molar-refractivity contribution in [1.29, 1.82) is 10.5 Å². The fourth-order valence-electron chi connectivity index (χ4n) is 3.64. The maximum Gasteiger partial charge on any atom is 0.338 e. The van der Waals surface area contributed by atoms with Crippen molar-refractivity contribution >= 4 is 29.0 Å². The molecule has 174 valence electrons. The number of benzene rings is 1. The van der Waals surface area contributed by atoms with Gasteiger partial charge in [0.25, 0.3) is 5.56 Å². The maximum absolute atomic E-state index is 13.1. The van der Waals surface area contributed by atoms with Gasteiger partial charge >= 0.3 is 5.97 Å². The van der Waals surface area contributed by atoms with Crippen LogP contribution in [-0.2, 0) is 16.0 Å². The monoisotopic (exact) mass is 476 g/mol. The van der Waals surface area contributed by atoms with Crippen LogP contribution in [0.25, 0.3) is 17.3 Å². The Bertz CT molecular complexity index is 1460. The zero-order valence-electron chi connectivity index (χ0n) is 19.4. The summed E-state index contributed by atoms with van der Waals surface area (Å²) in [6.07, 6.45) is 1.78. The number of esters is 1. The largest absolute Gasteiger partial charge is 0.462 e. The standard InChI is InChI=1S/C25H24N4O4S/c1-5-33-25(31)18-6-8-21(9-7-18)29-16(2)12-19(17(29)3)13-22-23(30)28(10-11-32-4)24(34-22)20(14-26)15-27/h6-9,12-13H,5,10-11H2,1-4H3/b22-13-. The summed E-state index contributed by atoms with van der Waals surface area (Å²) >= 11 is 1.11. The van der Waals surface area contributed by atoms with Crippen molar-refractivity contribution in [1.82, 2.24) is 9.13 Å². The lowest BCUT2D eigenvalue weighted by Gasteiger charge is -2.10. The van der Waals surface area contributed by atoms with E-state index in [1.165, 1.54) is 11.7 Å². The van der Waals surface area contributed by atoms with Crippen LogP contribution in [0.5, 0.6) is 0 Å². The van der Waals surface area contributed by atoms with Crippen LogP contribution in [0.3, 0.4) is 0 Å². The minimum absolute atomic E-state index is 0.106. The highest BCUT2D eigenvalue weighted by molar-refractivity contribution is 7.07. The van der Waals surface area contributed by atoms with E-state index in [-0.39, 0.29) is 30.3 Å². The Kier molecular flexibility index (Phi) is 7.85. The third-order valence-corrected chi connectivity index (χ3v) is 6.39. The smallest absolute Gasteiger partial charge is 0.338 e. The van der Waals surface area contributed by atoms with Gasteiger partial charge in [-0.1, -0.05) is 0 Å². The van der Waals surface area contributed by atoms with E-state index in [1.54, 1.807) is 25.1 Å². The van der Waals surface area contributed by atoms with Crippen LogP contribution in [0, 0.1) is 36.5 Å². The van der Waals surface area contributed by atoms with Gasteiger partial charge in [-0.2, -0.15) is 10.5 Å². The van der Waals surface area contributed by atoms with Crippen LogP contribution in [0.4, 0.5) is 0 Å². The second-order valence-electron chi connectivity index (χ2n) is 7.39. The van der Waals surface area contributed by atoms with Gasteiger partial charge in [-0.05, 0) is 62.7 Å². The van der Waals surface area contributed by atoms with Crippen LogP contribution >= 0.6 is 11.3 Å². The molecular formula is C25H24N4O4S. The van der Waals surface area contributed by atoms with Crippen LogP contribution in [0.2, 0.25) is 0 Å². The van der Waals surface area contributed by atoms with Gasteiger partial charge in [-0.15, -0.1) is 11.3 Å². The topological polar surface area (TPSA) is 110 Å². The van der Waals surface area contributed by atoms with Gasteiger partial charge in [0.2, 0.25) is 0 Å². The number of rotatable bonds is 7. The highest BCUT2D eigenvalue weighted by Crippen LogP contribution is 2.22. The number of hydrogen-bond acceptors (Lipinski definition) is 7. The summed E-state index contributed by atoms with van der Waals surface area (Å²) in [6, 6.07) is 12.8. The van der Waals surface area contributed by atoms with Gasteiger partial charge in [-0.3, -0.25) is 9.36 Å². The predicted molar refractivity (Wildman–Crippen MR) is 129 cm³/mol. The summed E-state index contributed by atoms with van der Waals surface area (Å²) < 4.78 is 14.3. The molecule has 34 heavy (non-hydrogen) atoms. The third-order valence-electron chi connectivity index (χ3n) is 5.26. The normalized spacial score (nSPS) is 11.2. The molecule has 0 atom stereocenters. The van der Waals surface area contributed by atoms with Crippen LogP contribution in [0.15, 0.2) is 35.1 Å². The molecule has 0 fully saturated rings. The molecule has 0 aliphatic rings. The second kappa shape index (κ2) is 10.8. The molecule has 3 rings (SSSR count). The summed E-state index contributed by atoms with van der Waals surface area (Å²) in [4.78, 5) is 25.0. The zero-order chi connectivity index (χ0) is 24.8. The van der Waals surface area contributed by atoms with Crippen LogP contribution in [0.1, 0.15) is 34.2 Å². The molecule has 2 aromatic heterocycles. The number of methoxy groups -OCH3 is 1. The van der Waals surface area contributed by atoms with Crippen molar-refractivity contribution in [3.63, 3.8) is 0 Å². The lowest BCUT2D eigenvalue weighted by Crippen LogP contribution is -2.33. The average molecular weight is 477 g/mol. The van der Waals surface area contributed by atoms with Gasteiger partial charge in [0, 0.05) is 24.2 Å². The number of carbonyl (C=O) groups is 1. The fourth-order valence-corrected chi connectivity index (χ4v) is 4.71. The van der Waals surface area contributed by atoms with Crippen molar-refractivity contribution < 1.29 is 14.3 Å². The molecule has 0 saturated carbocycles. The maximum atomic E-state index is 13.1. The molecule has 0 amide bonds. The number of thiazole rings is 1. The molecular weight excluding hydrogens is 452 g/mol. The quantitative estimate of drug-likeness (QED) is 0.484. The van der Waals surface area contributed by atoms with Gasteiger partial charge in [0.05, 0.1) is 29.9 Å². The Morgan fingerprint density at radius 1 is 1.18 bits per heavy atom. The Morgan fingerprint density at radius 2 is 1.85 bits per heavy atom. The molecule has 0 radical (unpaired) electrons. The minimum atomic E-state index is -0.367. The predicted octanol–water partition coefficient (Wildman–Crippen LogP) is 2.17. The molecule has 0 unspecified atom stereocenters. The summed E-state index contributed by atoms with van der Waals surface area (Å²) in [5.41, 5.74) is 3.66. The Balaban J connectivity index is 2.12. The van der Waals surface area contributed by atoms with E-state index in [4.69, 9.17) is 9.47 Å². The van der Waals surface area contributed by atoms with E-state index >= 15 is 0 Å². The molecule has 0 aliphatic carbocycles. The van der Waals surface area contributed by atoms with E-state index in [2.05, 4.69) is 0 Å². The zero-order valence-corrected chi connectivity index (χ0v) is 20.2. The Hall–Kier alpha value is -3.92. The van der Waals surface area contributed by atoms with Gasteiger partial charge in [0.1, 0.15) is 16.8 Å². The first-order chi connectivity index (χ1) is 16.4. The molecule has 0 N–H and O–H groups in total. The molecule has 0 bridgehead atoms. The van der Waals surface area contributed by atoms with Gasteiger partial charge < -0.3 is 14.0 Å². The van der Waals surface area contributed by atoms with Crippen LogP contribution < -0.4 is 14.8 Å². The van der Waals surface area contributed by atoms with Crippen molar-refractivity contribution in [2.45, 2.75) is 27.3 Å². The molecule has 0 spiro atoms. The molecule has 0 saturated heterocycles. The summed E-state index contributed by atoms with van der Waals surface area (Å²) in [6.45, 7) is 6.50. The number of hydrogen-bond donors (Lipinski definition) is 0. The lowest BCUT2D eigenvalue weighted by atomic mass is 10.2. The first-order valence-electron chi connectivity index (χ1n) is 10.6.